The molecule has 6 heteroatoms. The third-order valence-electron chi connectivity index (χ3n) is 1.92. The van der Waals surface area contributed by atoms with Gasteiger partial charge >= 0.3 is 0 Å². The average Bonchev–Trinajstić information content (AvgIpc) is 2.25. The van der Waals surface area contributed by atoms with Crippen molar-refractivity contribution in [1.82, 2.24) is 9.97 Å². The number of nitrogens with zero attached hydrogens (tertiary/aromatic N) is 3. The fourth-order valence-electron chi connectivity index (χ4n) is 1.16. The van der Waals surface area contributed by atoms with Crippen LogP contribution in [-0.2, 0) is 11.3 Å². The third-order valence-corrected chi connectivity index (χ3v) is 1.92. The van der Waals surface area contributed by atoms with E-state index in [0.717, 1.165) is 5.69 Å². The van der Waals surface area contributed by atoms with E-state index >= 15 is 0 Å². The number of aromatic nitrogens is 2. The predicted octanol–water partition coefficient (Wildman–Crippen LogP) is -0.753. The van der Waals surface area contributed by atoms with Gasteiger partial charge in [0.15, 0.2) is 0 Å². The van der Waals surface area contributed by atoms with Crippen LogP contribution >= 0.6 is 0 Å². The first-order valence-corrected chi connectivity index (χ1v) is 4.72. The lowest BCUT2D eigenvalue weighted by Gasteiger charge is -2.18. The zero-order chi connectivity index (χ0) is 11.3. The second-order valence-electron chi connectivity index (χ2n) is 3.03. The molecule has 0 aliphatic rings. The summed E-state index contributed by atoms with van der Waals surface area (Å²) in [4.78, 5) is 20.8. The Hall–Kier alpha value is -1.69. The molecule has 0 fully saturated rings. The fraction of sp³-hybridized carbons (Fsp3) is 0.444. The first-order valence-electron chi connectivity index (χ1n) is 4.72. The van der Waals surface area contributed by atoms with Crippen LogP contribution in [0.25, 0.3) is 0 Å². The van der Waals surface area contributed by atoms with Gasteiger partial charge < -0.3 is 16.4 Å². The van der Waals surface area contributed by atoms with Crippen LogP contribution in [0.4, 0.5) is 5.95 Å². The summed E-state index contributed by atoms with van der Waals surface area (Å²) in [7, 11) is 0. The summed E-state index contributed by atoms with van der Waals surface area (Å²) in [6, 6.07) is 1.74. The number of anilines is 1. The second kappa shape index (κ2) is 5.26. The monoisotopic (exact) mass is 209 g/mol. The summed E-state index contributed by atoms with van der Waals surface area (Å²) in [6.45, 7) is 2.99. The van der Waals surface area contributed by atoms with Crippen molar-refractivity contribution >= 4 is 11.9 Å². The molecule has 0 saturated carbocycles. The molecule has 82 valence electrons. The summed E-state index contributed by atoms with van der Waals surface area (Å²) >= 11 is 0. The minimum atomic E-state index is -0.404. The van der Waals surface area contributed by atoms with Crippen molar-refractivity contribution in [2.45, 2.75) is 13.5 Å². The number of rotatable bonds is 5. The van der Waals surface area contributed by atoms with Crippen LogP contribution in [-0.4, -0.2) is 29.0 Å². The van der Waals surface area contributed by atoms with Crippen LogP contribution < -0.4 is 16.4 Å². The lowest BCUT2D eigenvalue weighted by atomic mass is 10.4. The molecule has 1 heterocycles. The van der Waals surface area contributed by atoms with Gasteiger partial charge in [-0.3, -0.25) is 4.79 Å². The number of hydrogen-bond acceptors (Lipinski definition) is 5. The maximum atomic E-state index is 10.8. The van der Waals surface area contributed by atoms with E-state index in [0.29, 0.717) is 19.0 Å². The van der Waals surface area contributed by atoms with Gasteiger partial charge in [-0.15, -0.1) is 0 Å². The fourth-order valence-corrected chi connectivity index (χ4v) is 1.16. The Labute approximate surface area is 88.3 Å². The van der Waals surface area contributed by atoms with Crippen molar-refractivity contribution in [3.63, 3.8) is 0 Å². The van der Waals surface area contributed by atoms with Gasteiger partial charge in [0.05, 0.1) is 12.2 Å². The third kappa shape index (κ3) is 3.17. The van der Waals surface area contributed by atoms with Crippen molar-refractivity contribution < 1.29 is 4.79 Å². The zero-order valence-corrected chi connectivity index (χ0v) is 8.68. The molecule has 1 aromatic rings. The van der Waals surface area contributed by atoms with Crippen molar-refractivity contribution in [3.8, 4) is 0 Å². The number of carbonyl (C=O) groups is 1. The lowest BCUT2D eigenvalue weighted by molar-refractivity contribution is -0.116. The Morgan fingerprint density at radius 2 is 2.33 bits per heavy atom. The van der Waals surface area contributed by atoms with Crippen LogP contribution in [0.3, 0.4) is 0 Å². The quantitative estimate of drug-likeness (QED) is 0.664. The molecule has 0 unspecified atom stereocenters. The normalized spacial score (nSPS) is 10.0. The number of primary amides is 1. The highest BCUT2D eigenvalue weighted by atomic mass is 16.1. The molecule has 0 aromatic carbocycles. The summed E-state index contributed by atoms with van der Waals surface area (Å²) in [5.41, 5.74) is 11.3. The molecule has 0 spiro atoms. The minimum absolute atomic E-state index is 0.116. The van der Waals surface area contributed by atoms with Crippen LogP contribution in [0, 0.1) is 0 Å². The SMILES string of the molecule is CCN(CC(N)=O)c1nccc(CN)n1. The van der Waals surface area contributed by atoms with Crippen LogP contribution in [0.5, 0.6) is 0 Å². The molecule has 0 radical (unpaired) electrons. The van der Waals surface area contributed by atoms with Crippen molar-refractivity contribution in [3.05, 3.63) is 18.0 Å². The smallest absolute Gasteiger partial charge is 0.237 e. The Morgan fingerprint density at radius 3 is 2.87 bits per heavy atom. The maximum absolute atomic E-state index is 10.8. The number of likely N-dealkylation sites (N-methyl/N-ethyl adjacent to an activating group) is 1. The standard InChI is InChI=1S/C9H15N5O/c1-2-14(6-8(11)15)9-12-4-3-7(5-10)13-9/h3-4H,2,5-6,10H2,1H3,(H2,11,15). The Balaban J connectivity index is 2.85. The Kier molecular flexibility index (Phi) is 3.99. The molecule has 0 bridgehead atoms. The summed E-state index contributed by atoms with van der Waals surface area (Å²) < 4.78 is 0. The van der Waals surface area contributed by atoms with Crippen LogP contribution in [0.1, 0.15) is 12.6 Å². The second-order valence-corrected chi connectivity index (χ2v) is 3.03. The highest BCUT2D eigenvalue weighted by Gasteiger charge is 2.10. The maximum Gasteiger partial charge on any atom is 0.237 e. The topological polar surface area (TPSA) is 98.1 Å². The van der Waals surface area contributed by atoms with E-state index in [1.54, 1.807) is 17.2 Å². The Bertz CT molecular complexity index is 341. The van der Waals surface area contributed by atoms with E-state index in [9.17, 15) is 4.79 Å². The highest BCUT2D eigenvalue weighted by molar-refractivity contribution is 5.78. The van der Waals surface area contributed by atoms with Gasteiger partial charge in [-0.2, -0.15) is 0 Å². The van der Waals surface area contributed by atoms with Crippen molar-refractivity contribution in [1.29, 1.82) is 0 Å². The van der Waals surface area contributed by atoms with Gasteiger partial charge in [0.1, 0.15) is 0 Å². The largest absolute Gasteiger partial charge is 0.368 e. The summed E-state index contributed by atoms with van der Waals surface area (Å²) in [5.74, 6) is 0.0813. The molecule has 0 aliphatic heterocycles. The molecule has 0 aliphatic carbocycles. The molecule has 1 aromatic heterocycles. The number of nitrogens with two attached hydrogens (primary N) is 2. The molecular formula is C9H15N5O. The van der Waals surface area contributed by atoms with Gasteiger partial charge in [-0.1, -0.05) is 0 Å². The molecule has 4 N–H and O–H groups in total. The van der Waals surface area contributed by atoms with Crippen LogP contribution in [0.15, 0.2) is 12.3 Å². The van der Waals surface area contributed by atoms with Crippen molar-refractivity contribution in [2.75, 3.05) is 18.0 Å². The molecule has 1 rings (SSSR count). The van der Waals surface area contributed by atoms with E-state index in [4.69, 9.17) is 11.5 Å². The van der Waals surface area contributed by atoms with Gasteiger partial charge in [-0.05, 0) is 13.0 Å². The molecule has 0 atom stereocenters. The molecule has 6 nitrogen and oxygen atoms in total. The van der Waals surface area contributed by atoms with Gasteiger partial charge in [0.25, 0.3) is 0 Å². The molecule has 1 amide bonds. The van der Waals surface area contributed by atoms with E-state index in [-0.39, 0.29) is 6.54 Å². The van der Waals surface area contributed by atoms with E-state index in [2.05, 4.69) is 9.97 Å². The Morgan fingerprint density at radius 1 is 1.60 bits per heavy atom. The first-order chi connectivity index (χ1) is 7.17. The predicted molar refractivity (Wildman–Crippen MR) is 57.0 cm³/mol. The summed E-state index contributed by atoms with van der Waals surface area (Å²) in [6.07, 6.45) is 1.62. The minimum Gasteiger partial charge on any atom is -0.368 e. The average molecular weight is 209 g/mol. The van der Waals surface area contributed by atoms with Gasteiger partial charge in [-0.25, -0.2) is 9.97 Å². The van der Waals surface area contributed by atoms with E-state index < -0.39 is 5.91 Å². The number of carbonyl (C=O) groups excluding carboxylic acids is 1. The van der Waals surface area contributed by atoms with Gasteiger partial charge in [0.2, 0.25) is 11.9 Å². The van der Waals surface area contributed by atoms with Crippen molar-refractivity contribution in [2.24, 2.45) is 11.5 Å². The molecule has 0 saturated heterocycles. The van der Waals surface area contributed by atoms with Crippen LogP contribution in [0.2, 0.25) is 0 Å². The number of amides is 1. The van der Waals surface area contributed by atoms with E-state index in [1.165, 1.54) is 0 Å². The summed E-state index contributed by atoms with van der Waals surface area (Å²) in [5, 5.41) is 0. The molecule has 15 heavy (non-hydrogen) atoms. The zero-order valence-electron chi connectivity index (χ0n) is 8.68. The molecular weight excluding hydrogens is 194 g/mol. The van der Waals surface area contributed by atoms with E-state index in [1.807, 2.05) is 6.92 Å². The highest BCUT2D eigenvalue weighted by Crippen LogP contribution is 2.06. The lowest BCUT2D eigenvalue weighted by Crippen LogP contribution is -2.34. The first kappa shape index (κ1) is 11.4. The number of hydrogen-bond donors (Lipinski definition) is 2. The van der Waals surface area contributed by atoms with Gasteiger partial charge in [0, 0.05) is 19.3 Å².